The number of benzene rings is 3. The van der Waals surface area contributed by atoms with Crippen LogP contribution in [0.25, 0.3) is 0 Å². The number of carbonyl (C=O) groups is 2. The van der Waals surface area contributed by atoms with Gasteiger partial charge in [0.15, 0.2) is 0 Å². The van der Waals surface area contributed by atoms with Crippen LogP contribution < -0.4 is 10.1 Å². The minimum Gasteiger partial charge on any atom is -0.496 e. The standard InChI is InChI=1S/C22H17FN2O6/c1-30-19-12-11-17(25(28)29)13-18(19)22(27)31-20(14-5-3-2-4-6-14)21(26)24-16-9-7-15(23)8-10-16/h2-13,20H,1H3,(H,24,26). The summed E-state index contributed by atoms with van der Waals surface area (Å²) in [5, 5.41) is 13.6. The maximum absolute atomic E-state index is 13.1. The minimum atomic E-state index is -1.37. The third kappa shape index (κ3) is 5.21. The van der Waals surface area contributed by atoms with Gasteiger partial charge in [-0.15, -0.1) is 0 Å². The van der Waals surface area contributed by atoms with Crippen molar-refractivity contribution in [2.45, 2.75) is 6.10 Å². The molecule has 9 heteroatoms. The molecule has 0 saturated carbocycles. The highest BCUT2D eigenvalue weighted by Crippen LogP contribution is 2.28. The minimum absolute atomic E-state index is 0.0568. The monoisotopic (exact) mass is 424 g/mol. The summed E-state index contributed by atoms with van der Waals surface area (Å²) in [4.78, 5) is 36.1. The molecule has 31 heavy (non-hydrogen) atoms. The summed E-state index contributed by atoms with van der Waals surface area (Å²) in [6.07, 6.45) is -1.37. The number of ether oxygens (including phenoxy) is 2. The molecule has 1 N–H and O–H groups in total. The molecule has 3 rings (SSSR count). The third-order valence-electron chi connectivity index (χ3n) is 4.29. The number of nitro benzene ring substituents is 1. The summed E-state index contributed by atoms with van der Waals surface area (Å²) in [6, 6.07) is 16.8. The lowest BCUT2D eigenvalue weighted by molar-refractivity contribution is -0.384. The molecule has 0 fully saturated rings. The normalized spacial score (nSPS) is 11.3. The first-order valence-electron chi connectivity index (χ1n) is 9.04. The maximum atomic E-state index is 13.1. The van der Waals surface area contributed by atoms with Crippen LogP contribution in [0.1, 0.15) is 22.0 Å². The van der Waals surface area contributed by atoms with E-state index in [-0.39, 0.29) is 17.0 Å². The Hall–Kier alpha value is -4.27. The van der Waals surface area contributed by atoms with Crippen LogP contribution in [-0.2, 0) is 9.53 Å². The fourth-order valence-corrected chi connectivity index (χ4v) is 2.78. The molecule has 8 nitrogen and oxygen atoms in total. The second kappa shape index (κ2) is 9.49. The summed E-state index contributed by atoms with van der Waals surface area (Å²) in [7, 11) is 1.30. The molecule has 0 aliphatic heterocycles. The quantitative estimate of drug-likeness (QED) is 0.345. The highest BCUT2D eigenvalue weighted by atomic mass is 19.1. The van der Waals surface area contributed by atoms with Crippen molar-refractivity contribution >= 4 is 23.3 Å². The van der Waals surface area contributed by atoms with Gasteiger partial charge >= 0.3 is 5.97 Å². The fraction of sp³-hybridized carbons (Fsp3) is 0.0909. The molecule has 0 saturated heterocycles. The molecule has 0 aliphatic rings. The first kappa shape index (κ1) is 21.4. The predicted molar refractivity (Wildman–Crippen MR) is 109 cm³/mol. The molecule has 1 atom stereocenters. The van der Waals surface area contributed by atoms with Crippen molar-refractivity contribution in [3.8, 4) is 5.75 Å². The molecule has 1 unspecified atom stereocenters. The molecule has 3 aromatic rings. The number of methoxy groups -OCH3 is 1. The molecule has 0 radical (unpaired) electrons. The van der Waals surface area contributed by atoms with Gasteiger partial charge in [-0.2, -0.15) is 0 Å². The Labute approximate surface area is 176 Å². The van der Waals surface area contributed by atoms with Crippen molar-refractivity contribution < 1.29 is 28.4 Å². The van der Waals surface area contributed by atoms with Crippen LogP contribution >= 0.6 is 0 Å². The lowest BCUT2D eigenvalue weighted by atomic mass is 10.1. The van der Waals surface area contributed by atoms with Gasteiger partial charge in [-0.3, -0.25) is 14.9 Å². The van der Waals surface area contributed by atoms with Crippen molar-refractivity contribution in [2.75, 3.05) is 12.4 Å². The van der Waals surface area contributed by atoms with Crippen LogP contribution in [0.15, 0.2) is 72.8 Å². The Morgan fingerprint density at radius 1 is 1.03 bits per heavy atom. The number of carbonyl (C=O) groups excluding carboxylic acids is 2. The van der Waals surface area contributed by atoms with Gasteiger partial charge < -0.3 is 14.8 Å². The highest BCUT2D eigenvalue weighted by Gasteiger charge is 2.28. The van der Waals surface area contributed by atoms with Gasteiger partial charge in [-0.1, -0.05) is 30.3 Å². The van der Waals surface area contributed by atoms with E-state index >= 15 is 0 Å². The summed E-state index contributed by atoms with van der Waals surface area (Å²) in [6.45, 7) is 0. The Balaban J connectivity index is 1.91. The van der Waals surface area contributed by atoms with Crippen LogP contribution in [0.2, 0.25) is 0 Å². The Morgan fingerprint density at radius 2 is 1.71 bits per heavy atom. The first-order chi connectivity index (χ1) is 14.9. The van der Waals surface area contributed by atoms with E-state index in [4.69, 9.17) is 9.47 Å². The molecule has 0 bridgehead atoms. The number of nitrogens with zero attached hydrogens (tertiary/aromatic N) is 1. The molecule has 0 spiro atoms. The molecule has 1 amide bonds. The number of amides is 1. The SMILES string of the molecule is COc1ccc([N+](=O)[O-])cc1C(=O)OC(C(=O)Nc1ccc(F)cc1)c1ccccc1. The Kier molecular flexibility index (Phi) is 6.56. The van der Waals surface area contributed by atoms with Crippen molar-refractivity contribution in [3.63, 3.8) is 0 Å². The second-order valence-electron chi connectivity index (χ2n) is 6.33. The first-order valence-corrected chi connectivity index (χ1v) is 9.04. The lowest BCUT2D eigenvalue weighted by Crippen LogP contribution is -2.26. The van der Waals surface area contributed by atoms with Crippen molar-refractivity contribution in [2.24, 2.45) is 0 Å². The maximum Gasteiger partial charge on any atom is 0.343 e. The van der Waals surface area contributed by atoms with Gasteiger partial charge in [0.2, 0.25) is 6.10 Å². The van der Waals surface area contributed by atoms with Crippen LogP contribution in [0.3, 0.4) is 0 Å². The largest absolute Gasteiger partial charge is 0.496 e. The van der Waals surface area contributed by atoms with Gasteiger partial charge in [-0.05, 0) is 30.3 Å². The summed E-state index contributed by atoms with van der Waals surface area (Å²) in [5.74, 6) is -2.08. The number of hydrogen-bond acceptors (Lipinski definition) is 6. The summed E-state index contributed by atoms with van der Waals surface area (Å²) >= 11 is 0. The summed E-state index contributed by atoms with van der Waals surface area (Å²) in [5.41, 5.74) is 0.142. The summed E-state index contributed by atoms with van der Waals surface area (Å²) < 4.78 is 23.7. The topological polar surface area (TPSA) is 108 Å². The Bertz CT molecular complexity index is 1100. The fourth-order valence-electron chi connectivity index (χ4n) is 2.78. The number of rotatable bonds is 7. The lowest BCUT2D eigenvalue weighted by Gasteiger charge is -2.19. The number of halogens is 1. The second-order valence-corrected chi connectivity index (χ2v) is 6.33. The van der Waals surface area contributed by atoms with E-state index < -0.39 is 28.7 Å². The van der Waals surface area contributed by atoms with Crippen molar-refractivity contribution in [1.29, 1.82) is 0 Å². The number of non-ortho nitro benzene ring substituents is 1. The molecule has 0 aromatic heterocycles. The van der Waals surface area contributed by atoms with Crippen LogP contribution in [-0.4, -0.2) is 23.9 Å². The number of hydrogen-bond donors (Lipinski definition) is 1. The van der Waals surface area contributed by atoms with E-state index in [0.717, 1.165) is 6.07 Å². The molecule has 158 valence electrons. The smallest absolute Gasteiger partial charge is 0.343 e. The molecule has 3 aromatic carbocycles. The van der Waals surface area contributed by atoms with Gasteiger partial charge in [-0.25, -0.2) is 9.18 Å². The van der Waals surface area contributed by atoms with Crippen LogP contribution in [0.4, 0.5) is 15.8 Å². The van der Waals surface area contributed by atoms with Crippen molar-refractivity contribution in [3.05, 3.63) is 99.9 Å². The van der Waals surface area contributed by atoms with E-state index in [1.54, 1.807) is 30.3 Å². The third-order valence-corrected chi connectivity index (χ3v) is 4.29. The predicted octanol–water partition coefficient (Wildman–Crippen LogP) is 4.28. The zero-order chi connectivity index (χ0) is 22.4. The van der Waals surface area contributed by atoms with E-state index in [1.807, 2.05) is 0 Å². The average Bonchev–Trinajstić information content (AvgIpc) is 2.78. The van der Waals surface area contributed by atoms with Gasteiger partial charge in [0.25, 0.3) is 11.6 Å². The van der Waals surface area contributed by atoms with E-state index in [1.165, 1.54) is 43.5 Å². The highest BCUT2D eigenvalue weighted by molar-refractivity contribution is 5.99. The zero-order valence-corrected chi connectivity index (χ0v) is 16.3. The van der Waals surface area contributed by atoms with E-state index in [0.29, 0.717) is 11.3 Å². The number of anilines is 1. The van der Waals surface area contributed by atoms with E-state index in [9.17, 15) is 24.1 Å². The van der Waals surface area contributed by atoms with E-state index in [2.05, 4.69) is 5.32 Å². The van der Waals surface area contributed by atoms with Gasteiger partial charge in [0, 0.05) is 23.4 Å². The van der Waals surface area contributed by atoms with Crippen LogP contribution in [0.5, 0.6) is 5.75 Å². The molecule has 0 aliphatic carbocycles. The number of nitrogens with one attached hydrogen (secondary N) is 1. The van der Waals surface area contributed by atoms with Gasteiger partial charge in [0.05, 0.1) is 12.0 Å². The zero-order valence-electron chi connectivity index (χ0n) is 16.3. The molecule has 0 heterocycles. The molecular formula is C22H17FN2O6. The van der Waals surface area contributed by atoms with Gasteiger partial charge in [0.1, 0.15) is 17.1 Å². The van der Waals surface area contributed by atoms with Crippen LogP contribution in [0, 0.1) is 15.9 Å². The number of esters is 1. The average molecular weight is 424 g/mol. The molecular weight excluding hydrogens is 407 g/mol. The number of nitro groups is 1. The van der Waals surface area contributed by atoms with Crippen molar-refractivity contribution in [1.82, 2.24) is 0 Å². The Morgan fingerprint density at radius 3 is 2.32 bits per heavy atom.